The summed E-state index contributed by atoms with van der Waals surface area (Å²) in [6.45, 7) is 19.2. The molecular weight excluding hydrogens is 1090 g/mol. The highest BCUT2D eigenvalue weighted by Gasteiger charge is 2.76. The van der Waals surface area contributed by atoms with Crippen LogP contribution in [0.15, 0.2) is 74.4 Å². The monoisotopic (exact) mass is 1170 g/mol. The van der Waals surface area contributed by atoms with Crippen LogP contribution in [0.25, 0.3) is 0 Å². The molecule has 3 aromatic carbocycles. The molecule has 0 radical (unpaired) electrons. The van der Waals surface area contributed by atoms with Crippen molar-refractivity contribution in [3.63, 3.8) is 0 Å². The zero-order valence-corrected chi connectivity index (χ0v) is 48.9. The Labute approximate surface area is 497 Å². The molecule has 458 valence electrons. The van der Waals surface area contributed by atoms with Gasteiger partial charge in [0.2, 0.25) is 0 Å². The minimum Gasteiger partial charge on any atom is -0.504 e. The molecule has 15 rings (SSSR count). The fraction of sp³-hybridized carbons (Fsp3) is 0.642. The minimum absolute atomic E-state index is 0.0948. The third-order valence-electron chi connectivity index (χ3n) is 23.4. The van der Waals surface area contributed by atoms with E-state index in [1.54, 1.807) is 18.2 Å². The van der Waals surface area contributed by atoms with Crippen LogP contribution >= 0.6 is 0 Å². The standard InChI is InChI=1S/C67H85N3O15/c1-4-22-68-25-19-62-53-41-7-10-44(71)56(53)83-59(62)47(13-16-65(62,74)50(68)34-41)80-31-28-77-37-40(38-78-29-32-81-48-14-17-66(75)51-35-42-8-11-45(72)57-54(42)63(66,60(48)84-57)20-26-69(51)23-5-2)39-79-30-33-82-49-15-18-67(76)52-36-43-9-12-46(73)58-55(43)64(67,61(49)85-58)21-27-70(52)24-6-3/h4-12,40,47-52,59-61,71-76H,1-3,13-39H2/t40?,47?,48?,49?,50?,51?,52?,59-,60?,61?,62-,63-,64-,65+,66+,67+/m0/s1. The first-order valence-electron chi connectivity index (χ1n) is 31.7. The van der Waals surface area contributed by atoms with E-state index in [1.807, 2.05) is 36.4 Å². The molecule has 6 fully saturated rings. The number of piperidine rings is 3. The summed E-state index contributed by atoms with van der Waals surface area (Å²) in [6.07, 6.45) is 10.9. The van der Waals surface area contributed by atoms with Crippen molar-refractivity contribution in [3.05, 3.63) is 108 Å². The van der Waals surface area contributed by atoms with Gasteiger partial charge in [-0.3, -0.25) is 14.7 Å². The molecule has 18 heteroatoms. The number of likely N-dealkylation sites (tertiary alicyclic amines) is 3. The number of ether oxygens (including phenoxy) is 9. The van der Waals surface area contributed by atoms with Gasteiger partial charge in [-0.2, -0.15) is 0 Å². The number of hydrogen-bond donors (Lipinski definition) is 6. The molecule has 3 spiro atoms. The van der Waals surface area contributed by atoms with Gasteiger partial charge in [0, 0.05) is 60.4 Å². The topological polar surface area (TPSA) is 214 Å². The second-order valence-electron chi connectivity index (χ2n) is 26.8. The van der Waals surface area contributed by atoms with Crippen molar-refractivity contribution < 1.29 is 73.3 Å². The Morgan fingerprint density at radius 2 is 0.765 bits per heavy atom. The largest absolute Gasteiger partial charge is 0.504 e. The summed E-state index contributed by atoms with van der Waals surface area (Å²) in [6, 6.07) is 10.8. The van der Waals surface area contributed by atoms with E-state index in [0.29, 0.717) is 173 Å². The molecule has 0 aromatic heterocycles. The van der Waals surface area contributed by atoms with Gasteiger partial charge in [0.15, 0.2) is 34.5 Å². The van der Waals surface area contributed by atoms with Crippen molar-refractivity contribution in [1.29, 1.82) is 0 Å². The number of hydrogen-bond acceptors (Lipinski definition) is 18. The molecule has 12 aliphatic rings. The average Bonchev–Trinajstić information content (AvgIpc) is 1.59. The molecule has 3 saturated carbocycles. The highest BCUT2D eigenvalue weighted by Crippen LogP contribution is 2.69. The maximum Gasteiger partial charge on any atom is 0.165 e. The Hall–Kier alpha value is -4.80. The van der Waals surface area contributed by atoms with Crippen molar-refractivity contribution in [2.45, 2.75) is 165 Å². The average molecular weight is 1170 g/mol. The SMILES string of the molecule is C=CCN1CC[C@]23c4c5ccc(O)c4OC2C(OCCOCC(COCCOC2CC[C@@]4(O)C6Cc7ccc(O)c8c7[C@@]4(CCN6CC=C)C2O8)COCCOC2CC[C@@]4(O)C6Cc7ccc(O)c8c7[C@@]4(CCN6CC=C)[C@H]2O8)CC[C@@]3(O)C1C5. The van der Waals surface area contributed by atoms with E-state index in [1.165, 1.54) is 0 Å². The molecule has 3 saturated heterocycles. The molecule has 3 aromatic rings. The van der Waals surface area contributed by atoms with Crippen LogP contribution in [0, 0.1) is 5.92 Å². The first-order valence-corrected chi connectivity index (χ1v) is 31.7. The number of aromatic hydroxyl groups is 3. The third-order valence-corrected chi connectivity index (χ3v) is 23.4. The first-order chi connectivity index (χ1) is 41.3. The lowest BCUT2D eigenvalue weighted by Gasteiger charge is -2.64. The summed E-state index contributed by atoms with van der Waals surface area (Å²) in [4.78, 5) is 7.04. The summed E-state index contributed by atoms with van der Waals surface area (Å²) >= 11 is 0. The lowest BCUT2D eigenvalue weighted by atomic mass is 9.48. The van der Waals surface area contributed by atoms with Crippen LogP contribution in [0.2, 0.25) is 0 Å². The molecule has 6 bridgehead atoms. The van der Waals surface area contributed by atoms with Gasteiger partial charge in [-0.05, 0) is 132 Å². The predicted molar refractivity (Wildman–Crippen MR) is 312 cm³/mol. The van der Waals surface area contributed by atoms with Gasteiger partial charge in [-0.25, -0.2) is 0 Å². The molecule has 8 unspecified atom stereocenters. The molecule has 85 heavy (non-hydrogen) atoms. The van der Waals surface area contributed by atoms with Gasteiger partial charge in [-0.15, -0.1) is 19.7 Å². The number of phenols is 3. The summed E-state index contributed by atoms with van der Waals surface area (Å²) in [5.41, 5.74) is 0.921. The maximum atomic E-state index is 12.8. The van der Waals surface area contributed by atoms with E-state index in [0.717, 1.165) is 53.0 Å². The first kappa shape index (κ1) is 56.7. The van der Waals surface area contributed by atoms with Crippen LogP contribution in [-0.4, -0.2) is 216 Å². The van der Waals surface area contributed by atoms with Gasteiger partial charge in [-0.1, -0.05) is 36.4 Å². The summed E-state index contributed by atoms with van der Waals surface area (Å²) in [5, 5.41) is 71.9. The highest BCUT2D eigenvalue weighted by molar-refractivity contribution is 5.65. The van der Waals surface area contributed by atoms with Crippen molar-refractivity contribution in [2.24, 2.45) is 5.92 Å². The number of benzene rings is 3. The van der Waals surface area contributed by atoms with Gasteiger partial charge >= 0.3 is 0 Å². The van der Waals surface area contributed by atoms with Gasteiger partial charge in [0.1, 0.15) is 18.3 Å². The van der Waals surface area contributed by atoms with E-state index in [2.05, 4.69) is 34.4 Å². The van der Waals surface area contributed by atoms with Crippen molar-refractivity contribution in [2.75, 3.05) is 98.7 Å². The molecule has 6 heterocycles. The van der Waals surface area contributed by atoms with Crippen molar-refractivity contribution in [1.82, 2.24) is 14.7 Å². The Balaban J connectivity index is 0.595. The Bertz CT molecular complexity index is 2800. The smallest absolute Gasteiger partial charge is 0.165 e. The van der Waals surface area contributed by atoms with E-state index in [4.69, 9.17) is 42.6 Å². The zero-order chi connectivity index (χ0) is 58.3. The van der Waals surface area contributed by atoms with Crippen molar-refractivity contribution in [3.8, 4) is 34.5 Å². The van der Waals surface area contributed by atoms with E-state index in [-0.39, 0.29) is 59.6 Å². The van der Waals surface area contributed by atoms with Gasteiger partial charge < -0.3 is 73.3 Å². The van der Waals surface area contributed by atoms with Crippen LogP contribution in [0.1, 0.15) is 91.2 Å². The maximum absolute atomic E-state index is 12.8. The number of phenolic OH excluding ortho intramolecular Hbond substituents is 3. The van der Waals surface area contributed by atoms with E-state index >= 15 is 0 Å². The number of aliphatic hydroxyl groups is 3. The summed E-state index contributed by atoms with van der Waals surface area (Å²) in [5.74, 6) is 1.56. The van der Waals surface area contributed by atoms with Crippen LogP contribution in [0.5, 0.6) is 34.5 Å². The van der Waals surface area contributed by atoms with Crippen LogP contribution in [0.4, 0.5) is 0 Å². The minimum atomic E-state index is -1.05. The van der Waals surface area contributed by atoms with Crippen molar-refractivity contribution >= 4 is 0 Å². The molecule has 15 atom stereocenters. The Morgan fingerprint density at radius 3 is 1.06 bits per heavy atom. The molecule has 6 aliphatic heterocycles. The van der Waals surface area contributed by atoms with Gasteiger partial charge in [0.05, 0.1) is 111 Å². The molecule has 6 aliphatic carbocycles. The summed E-state index contributed by atoms with van der Waals surface area (Å²) < 4.78 is 59.5. The van der Waals surface area contributed by atoms with E-state index in [9.17, 15) is 30.6 Å². The quantitative estimate of drug-likeness (QED) is 0.0512. The van der Waals surface area contributed by atoms with E-state index < -0.39 is 51.4 Å². The van der Waals surface area contributed by atoms with Crippen LogP contribution in [0.3, 0.4) is 0 Å². The number of rotatable bonds is 24. The predicted octanol–water partition coefficient (Wildman–Crippen LogP) is 5.05. The van der Waals surface area contributed by atoms with Gasteiger partial charge in [0.25, 0.3) is 0 Å². The molecule has 18 nitrogen and oxygen atoms in total. The molecule has 6 N–H and O–H groups in total. The highest BCUT2D eigenvalue weighted by atomic mass is 16.6. The van der Waals surface area contributed by atoms with Crippen LogP contribution < -0.4 is 14.2 Å². The second-order valence-corrected chi connectivity index (χ2v) is 26.8. The lowest BCUT2D eigenvalue weighted by molar-refractivity contribution is -0.215. The number of nitrogens with zero attached hydrogens (tertiary/aromatic N) is 3. The summed E-state index contributed by atoms with van der Waals surface area (Å²) in [7, 11) is 0. The fourth-order valence-corrected chi connectivity index (χ4v) is 20.1. The lowest BCUT2D eigenvalue weighted by Crippen LogP contribution is -2.77. The second kappa shape index (κ2) is 21.2. The Kier molecular flexibility index (Phi) is 14.1. The third kappa shape index (κ3) is 7.92. The normalized spacial score (nSPS) is 38.5. The zero-order valence-electron chi connectivity index (χ0n) is 48.9. The van der Waals surface area contributed by atoms with Crippen LogP contribution in [-0.2, 0) is 63.9 Å². The fourth-order valence-electron chi connectivity index (χ4n) is 20.1. The molecular formula is C67H85N3O15. The molecule has 0 amide bonds. The Morgan fingerprint density at radius 1 is 0.459 bits per heavy atom.